The minimum Gasteiger partial charge on any atom is -0.369 e. The van der Waals surface area contributed by atoms with E-state index in [4.69, 9.17) is 0 Å². The van der Waals surface area contributed by atoms with Crippen molar-refractivity contribution in [3.8, 4) is 11.3 Å². The molecule has 88 valence electrons. The Hall–Kier alpha value is -2.04. The molecule has 0 spiro atoms. The summed E-state index contributed by atoms with van der Waals surface area (Å²) in [6.45, 7) is 6.74. The normalized spacial score (nSPS) is 10.3. The van der Waals surface area contributed by atoms with Crippen LogP contribution in [0.5, 0.6) is 0 Å². The summed E-state index contributed by atoms with van der Waals surface area (Å²) in [7, 11) is 0. The predicted molar refractivity (Wildman–Crippen MR) is 66.7 cm³/mol. The van der Waals surface area contributed by atoms with Crippen LogP contribution in [0.1, 0.15) is 18.3 Å². The first-order valence-corrected chi connectivity index (χ1v) is 5.57. The van der Waals surface area contributed by atoms with E-state index in [0.717, 1.165) is 35.0 Å². The van der Waals surface area contributed by atoms with Gasteiger partial charge in [0.05, 0.1) is 11.4 Å². The second kappa shape index (κ2) is 4.86. The highest BCUT2D eigenvalue weighted by Crippen LogP contribution is 2.23. The fourth-order valence-electron chi connectivity index (χ4n) is 1.52. The summed E-state index contributed by atoms with van der Waals surface area (Å²) >= 11 is 0. The molecule has 2 rings (SSSR count). The van der Waals surface area contributed by atoms with Crippen molar-refractivity contribution in [1.29, 1.82) is 0 Å². The number of nitrogens with one attached hydrogen (secondary N) is 1. The number of nitrogens with zero attached hydrogens (tertiary/aromatic N) is 4. The van der Waals surface area contributed by atoms with Gasteiger partial charge in [-0.05, 0) is 20.8 Å². The van der Waals surface area contributed by atoms with Gasteiger partial charge in [0.25, 0.3) is 0 Å². The third kappa shape index (κ3) is 2.38. The Kier molecular flexibility index (Phi) is 3.27. The molecule has 0 radical (unpaired) electrons. The van der Waals surface area contributed by atoms with Crippen LogP contribution in [0.2, 0.25) is 0 Å². The summed E-state index contributed by atoms with van der Waals surface area (Å²) in [5.41, 5.74) is 3.53. The molecule has 5 heteroatoms. The molecular formula is C12H15N5. The highest BCUT2D eigenvalue weighted by molar-refractivity contribution is 5.70. The van der Waals surface area contributed by atoms with Crippen molar-refractivity contribution in [3.63, 3.8) is 0 Å². The van der Waals surface area contributed by atoms with Gasteiger partial charge in [0.15, 0.2) is 5.82 Å². The van der Waals surface area contributed by atoms with Crippen LogP contribution in [0.3, 0.4) is 0 Å². The van der Waals surface area contributed by atoms with Crippen LogP contribution >= 0.6 is 0 Å². The van der Waals surface area contributed by atoms with Gasteiger partial charge in [0, 0.05) is 24.5 Å². The summed E-state index contributed by atoms with van der Waals surface area (Å²) in [6.07, 6.45) is 4.99. The van der Waals surface area contributed by atoms with Gasteiger partial charge < -0.3 is 5.32 Å². The van der Waals surface area contributed by atoms with Gasteiger partial charge in [-0.25, -0.2) is 19.9 Å². The maximum atomic E-state index is 4.56. The molecule has 0 atom stereocenters. The standard InChI is InChI=1S/C12H15N5/c1-4-15-12-11(10-5-13-7-14-6-10)16-8(2)9(3)17-12/h5-7H,4H2,1-3H3,(H,15,17). The van der Waals surface area contributed by atoms with Crippen LogP contribution < -0.4 is 5.32 Å². The molecule has 0 aliphatic rings. The number of aromatic nitrogens is 4. The van der Waals surface area contributed by atoms with Crippen molar-refractivity contribution < 1.29 is 0 Å². The van der Waals surface area contributed by atoms with Crippen molar-refractivity contribution in [2.24, 2.45) is 0 Å². The molecule has 0 aromatic carbocycles. The van der Waals surface area contributed by atoms with E-state index >= 15 is 0 Å². The first kappa shape index (κ1) is 11.4. The zero-order chi connectivity index (χ0) is 12.3. The van der Waals surface area contributed by atoms with Crippen molar-refractivity contribution in [1.82, 2.24) is 19.9 Å². The van der Waals surface area contributed by atoms with E-state index in [1.54, 1.807) is 12.4 Å². The second-order valence-corrected chi connectivity index (χ2v) is 3.75. The molecule has 5 nitrogen and oxygen atoms in total. The minimum absolute atomic E-state index is 0.783. The van der Waals surface area contributed by atoms with E-state index in [9.17, 15) is 0 Å². The summed E-state index contributed by atoms with van der Waals surface area (Å²) in [5, 5.41) is 3.21. The summed E-state index contributed by atoms with van der Waals surface area (Å²) < 4.78 is 0. The van der Waals surface area contributed by atoms with E-state index in [-0.39, 0.29) is 0 Å². The molecule has 0 bridgehead atoms. The summed E-state index contributed by atoms with van der Waals surface area (Å²) in [5.74, 6) is 0.783. The Labute approximate surface area is 100 Å². The molecule has 0 fully saturated rings. The Morgan fingerprint density at radius 3 is 2.35 bits per heavy atom. The summed E-state index contributed by atoms with van der Waals surface area (Å²) in [4.78, 5) is 17.1. The first-order valence-electron chi connectivity index (χ1n) is 5.57. The molecule has 0 unspecified atom stereocenters. The van der Waals surface area contributed by atoms with E-state index < -0.39 is 0 Å². The van der Waals surface area contributed by atoms with Crippen molar-refractivity contribution in [2.45, 2.75) is 20.8 Å². The van der Waals surface area contributed by atoms with E-state index in [0.29, 0.717) is 0 Å². The molecule has 0 amide bonds. The Morgan fingerprint density at radius 1 is 1.06 bits per heavy atom. The smallest absolute Gasteiger partial charge is 0.153 e. The van der Waals surface area contributed by atoms with E-state index in [1.807, 2.05) is 20.8 Å². The van der Waals surface area contributed by atoms with Crippen LogP contribution in [-0.2, 0) is 0 Å². The Morgan fingerprint density at radius 2 is 1.71 bits per heavy atom. The van der Waals surface area contributed by atoms with Gasteiger partial charge in [0.1, 0.15) is 12.0 Å². The van der Waals surface area contributed by atoms with Gasteiger partial charge in [-0.15, -0.1) is 0 Å². The number of hydrogen-bond acceptors (Lipinski definition) is 5. The zero-order valence-electron chi connectivity index (χ0n) is 10.2. The fourth-order valence-corrected chi connectivity index (χ4v) is 1.52. The van der Waals surface area contributed by atoms with Crippen LogP contribution in [0.15, 0.2) is 18.7 Å². The number of rotatable bonds is 3. The van der Waals surface area contributed by atoms with Gasteiger partial charge in [-0.2, -0.15) is 0 Å². The molecule has 2 heterocycles. The largest absolute Gasteiger partial charge is 0.369 e. The first-order chi connectivity index (χ1) is 8.22. The van der Waals surface area contributed by atoms with Crippen LogP contribution in [0.25, 0.3) is 11.3 Å². The monoisotopic (exact) mass is 229 g/mol. The van der Waals surface area contributed by atoms with Gasteiger partial charge in [-0.1, -0.05) is 0 Å². The van der Waals surface area contributed by atoms with Crippen LogP contribution in [0.4, 0.5) is 5.82 Å². The molecule has 0 aliphatic heterocycles. The zero-order valence-corrected chi connectivity index (χ0v) is 10.2. The fraction of sp³-hybridized carbons (Fsp3) is 0.333. The highest BCUT2D eigenvalue weighted by Gasteiger charge is 2.10. The van der Waals surface area contributed by atoms with Gasteiger partial charge >= 0.3 is 0 Å². The van der Waals surface area contributed by atoms with E-state index in [1.165, 1.54) is 6.33 Å². The van der Waals surface area contributed by atoms with Crippen molar-refractivity contribution >= 4 is 5.82 Å². The Bertz CT molecular complexity index is 510. The maximum absolute atomic E-state index is 4.56. The molecule has 0 saturated carbocycles. The van der Waals surface area contributed by atoms with Crippen LogP contribution in [0, 0.1) is 13.8 Å². The second-order valence-electron chi connectivity index (χ2n) is 3.75. The number of hydrogen-bond donors (Lipinski definition) is 1. The third-order valence-corrected chi connectivity index (χ3v) is 2.49. The number of anilines is 1. The van der Waals surface area contributed by atoms with E-state index in [2.05, 4.69) is 25.3 Å². The third-order valence-electron chi connectivity index (χ3n) is 2.49. The number of aryl methyl sites for hydroxylation is 2. The molecule has 1 N–H and O–H groups in total. The predicted octanol–water partition coefficient (Wildman–Crippen LogP) is 1.98. The summed E-state index contributed by atoms with van der Waals surface area (Å²) in [6, 6.07) is 0. The Balaban J connectivity index is 2.55. The molecule has 0 aliphatic carbocycles. The lowest BCUT2D eigenvalue weighted by molar-refractivity contribution is 1.03. The lowest BCUT2D eigenvalue weighted by Gasteiger charge is -2.11. The minimum atomic E-state index is 0.783. The molecule has 17 heavy (non-hydrogen) atoms. The SMILES string of the molecule is CCNc1nc(C)c(C)nc1-c1cncnc1. The lowest BCUT2D eigenvalue weighted by atomic mass is 10.2. The maximum Gasteiger partial charge on any atom is 0.153 e. The van der Waals surface area contributed by atoms with Crippen molar-refractivity contribution in [3.05, 3.63) is 30.1 Å². The molecular weight excluding hydrogens is 214 g/mol. The molecule has 0 saturated heterocycles. The average Bonchev–Trinajstić information content (AvgIpc) is 2.35. The lowest BCUT2D eigenvalue weighted by Crippen LogP contribution is -2.06. The molecule has 2 aromatic heterocycles. The average molecular weight is 229 g/mol. The highest BCUT2D eigenvalue weighted by atomic mass is 15.0. The van der Waals surface area contributed by atoms with Crippen LogP contribution in [-0.4, -0.2) is 26.5 Å². The molecule has 2 aromatic rings. The topological polar surface area (TPSA) is 63.6 Å². The quantitative estimate of drug-likeness (QED) is 0.871. The van der Waals surface area contributed by atoms with Crippen molar-refractivity contribution in [2.75, 3.05) is 11.9 Å². The van der Waals surface area contributed by atoms with Gasteiger partial charge in [0.2, 0.25) is 0 Å². The van der Waals surface area contributed by atoms with Gasteiger partial charge in [-0.3, -0.25) is 0 Å².